The van der Waals surface area contributed by atoms with Crippen LogP contribution in [-0.2, 0) is 23.6 Å². The summed E-state index contributed by atoms with van der Waals surface area (Å²) in [5, 5.41) is 0. The summed E-state index contributed by atoms with van der Waals surface area (Å²) >= 11 is 6.25. The summed E-state index contributed by atoms with van der Waals surface area (Å²) in [5.41, 5.74) is 0. The minimum absolute atomic E-state index is 0. The quantitative estimate of drug-likeness (QED) is 0.491. The molecule has 0 spiro atoms. The summed E-state index contributed by atoms with van der Waals surface area (Å²) < 4.78 is 31.6. The molecular formula is H3Br2NaO4SZn. The number of hydrogen-bond donors (Lipinski definition) is 2. The SMILES string of the molecule is O=S(=O)(O)O.[Br][Zn][Br].[NaH]. The Morgan fingerprint density at radius 1 is 1.22 bits per heavy atom. The van der Waals surface area contributed by atoms with Crippen LogP contribution in [0.3, 0.4) is 0 Å². The topological polar surface area (TPSA) is 74.6 Å². The van der Waals surface area contributed by atoms with Crippen LogP contribution >= 0.6 is 27.2 Å². The van der Waals surface area contributed by atoms with Crippen molar-refractivity contribution in [3.05, 3.63) is 0 Å². The van der Waals surface area contributed by atoms with Gasteiger partial charge in [-0.25, -0.2) is 0 Å². The second kappa shape index (κ2) is 10.5. The molecule has 0 radical (unpaired) electrons. The van der Waals surface area contributed by atoms with E-state index in [1.165, 1.54) is 0 Å². The standard InChI is InChI=1S/2BrH.Na.H2O4S.Zn.H/c;;;1-5(2,3)4;;/h2*1H;;(H2,1,2,3,4);;/q;;;;+2;/p-2. The number of halogens is 2. The molecule has 9 heavy (non-hydrogen) atoms. The first-order chi connectivity index (χ1) is 3.41. The van der Waals surface area contributed by atoms with Crippen LogP contribution in [0.4, 0.5) is 0 Å². The molecule has 0 bridgehead atoms. The van der Waals surface area contributed by atoms with E-state index in [0.29, 0.717) is 0 Å². The van der Waals surface area contributed by atoms with Crippen molar-refractivity contribution < 1.29 is 30.7 Å². The van der Waals surface area contributed by atoms with E-state index in [1.807, 2.05) is 0 Å². The van der Waals surface area contributed by atoms with E-state index in [-0.39, 0.29) is 42.8 Å². The van der Waals surface area contributed by atoms with Gasteiger partial charge in [0.15, 0.2) is 0 Å². The van der Waals surface area contributed by atoms with Gasteiger partial charge in [0, 0.05) is 0 Å². The van der Waals surface area contributed by atoms with Gasteiger partial charge in [0.1, 0.15) is 0 Å². The first-order valence-electron chi connectivity index (χ1n) is 1.23. The predicted molar refractivity (Wildman–Crippen MR) is 39.2 cm³/mol. The molecule has 0 rings (SSSR count). The van der Waals surface area contributed by atoms with Gasteiger partial charge in [-0.3, -0.25) is 9.11 Å². The van der Waals surface area contributed by atoms with E-state index in [4.69, 9.17) is 17.5 Å². The Labute approximate surface area is 96.3 Å². The molecule has 0 saturated heterocycles. The zero-order valence-electron chi connectivity index (χ0n) is 3.58. The normalized spacial score (nSPS) is 7.56. The molecule has 50 valence electrons. The molecule has 0 aromatic carbocycles. The zero-order valence-corrected chi connectivity index (χ0v) is 10.5. The van der Waals surface area contributed by atoms with Gasteiger partial charge < -0.3 is 0 Å². The van der Waals surface area contributed by atoms with E-state index in [0.717, 1.165) is 0 Å². The zero-order chi connectivity index (χ0) is 7.21. The molecule has 0 heterocycles. The van der Waals surface area contributed by atoms with Crippen molar-refractivity contribution >= 4 is 67.2 Å². The van der Waals surface area contributed by atoms with E-state index in [9.17, 15) is 0 Å². The van der Waals surface area contributed by atoms with Crippen molar-refractivity contribution in [2.24, 2.45) is 0 Å². The molecule has 0 unspecified atom stereocenters. The molecule has 9 heteroatoms. The van der Waals surface area contributed by atoms with Gasteiger partial charge in [-0.1, -0.05) is 0 Å². The molecule has 0 amide bonds. The number of rotatable bonds is 0. The van der Waals surface area contributed by atoms with Crippen LogP contribution in [0.5, 0.6) is 0 Å². The third-order valence-electron chi connectivity index (χ3n) is 0. The Morgan fingerprint density at radius 2 is 1.22 bits per heavy atom. The van der Waals surface area contributed by atoms with E-state index < -0.39 is 10.4 Å². The van der Waals surface area contributed by atoms with Gasteiger partial charge in [-0.15, -0.1) is 0 Å². The molecule has 0 aromatic rings. The van der Waals surface area contributed by atoms with Gasteiger partial charge in [0.05, 0.1) is 0 Å². The molecule has 0 saturated carbocycles. The molecule has 0 fully saturated rings. The van der Waals surface area contributed by atoms with Crippen LogP contribution in [0, 0.1) is 0 Å². The summed E-state index contributed by atoms with van der Waals surface area (Å²) in [6.07, 6.45) is 0. The van der Waals surface area contributed by atoms with Gasteiger partial charge in [-0.2, -0.15) is 8.42 Å². The first kappa shape index (κ1) is 17.5. The van der Waals surface area contributed by atoms with Crippen molar-refractivity contribution in [3.63, 3.8) is 0 Å². The minimum atomic E-state index is -4.67. The molecule has 0 atom stereocenters. The van der Waals surface area contributed by atoms with Crippen molar-refractivity contribution in [2.75, 3.05) is 0 Å². The Hall–Kier alpha value is 2.45. The summed E-state index contributed by atoms with van der Waals surface area (Å²) in [4.78, 5) is 0. The van der Waals surface area contributed by atoms with Crippen molar-refractivity contribution in [2.45, 2.75) is 0 Å². The summed E-state index contributed by atoms with van der Waals surface area (Å²) in [7, 11) is -4.67. The predicted octanol–water partition coefficient (Wildman–Crippen LogP) is 0.387. The fourth-order valence-corrected chi connectivity index (χ4v) is 0. The molecule has 2 N–H and O–H groups in total. The third-order valence-corrected chi connectivity index (χ3v) is 0. The molecule has 4 nitrogen and oxygen atoms in total. The maximum absolute atomic E-state index is 8.74. The average molecular weight is 347 g/mol. The fraction of sp³-hybridized carbons (Fsp3) is 0. The van der Waals surface area contributed by atoms with E-state index in [2.05, 4.69) is 27.2 Å². The van der Waals surface area contributed by atoms with Crippen molar-refractivity contribution in [1.29, 1.82) is 0 Å². The summed E-state index contributed by atoms with van der Waals surface area (Å²) in [6.45, 7) is 0. The van der Waals surface area contributed by atoms with Crippen molar-refractivity contribution in [3.8, 4) is 0 Å². The van der Waals surface area contributed by atoms with Crippen LogP contribution < -0.4 is 0 Å². The first-order valence-corrected chi connectivity index (χ1v) is 16.5. The second-order valence-corrected chi connectivity index (χ2v) is 15.5. The Balaban J connectivity index is -0.0000000800. The molecule has 0 aliphatic heterocycles. The Morgan fingerprint density at radius 3 is 1.22 bits per heavy atom. The van der Waals surface area contributed by atoms with Crippen LogP contribution in [0.25, 0.3) is 0 Å². The van der Waals surface area contributed by atoms with Gasteiger partial charge in [0.25, 0.3) is 0 Å². The molecular weight excluding hydrogens is 344 g/mol. The van der Waals surface area contributed by atoms with Crippen molar-refractivity contribution in [1.82, 2.24) is 0 Å². The van der Waals surface area contributed by atoms with Gasteiger partial charge in [-0.05, 0) is 0 Å². The van der Waals surface area contributed by atoms with Gasteiger partial charge >= 0.3 is 80.4 Å². The molecule has 0 aliphatic rings. The molecule has 0 aromatic heterocycles. The van der Waals surface area contributed by atoms with Crippen LogP contribution in [0.1, 0.15) is 0 Å². The van der Waals surface area contributed by atoms with E-state index >= 15 is 0 Å². The van der Waals surface area contributed by atoms with E-state index in [1.54, 1.807) is 0 Å². The average Bonchev–Trinajstić information content (AvgIpc) is 1.27. The Kier molecular flexibility index (Phi) is 20.3. The van der Waals surface area contributed by atoms with Crippen LogP contribution in [0.2, 0.25) is 0 Å². The summed E-state index contributed by atoms with van der Waals surface area (Å²) in [5.74, 6) is 0. The maximum atomic E-state index is 8.74. The summed E-state index contributed by atoms with van der Waals surface area (Å²) in [6, 6.07) is 0. The third kappa shape index (κ3) is 124. The van der Waals surface area contributed by atoms with Crippen LogP contribution in [-0.4, -0.2) is 47.1 Å². The van der Waals surface area contributed by atoms with Crippen LogP contribution in [0.15, 0.2) is 0 Å². The Bertz CT molecular complexity index is 113. The monoisotopic (exact) mass is 344 g/mol. The number of hydrogen-bond acceptors (Lipinski definition) is 2. The molecule has 0 aliphatic carbocycles. The fourth-order valence-electron chi connectivity index (χ4n) is 0. The van der Waals surface area contributed by atoms with Gasteiger partial charge in [0.2, 0.25) is 0 Å². The second-order valence-electron chi connectivity index (χ2n) is 0.549.